The van der Waals surface area contributed by atoms with Crippen molar-refractivity contribution < 1.29 is 9.53 Å². The third kappa shape index (κ3) is 1.78. The Balaban J connectivity index is 3.44. The number of methoxy groups -OCH3 is 1. The predicted molar refractivity (Wildman–Crippen MR) is 55.4 cm³/mol. The minimum Gasteiger partial charge on any atom is -0.494 e. The number of benzene rings is 1. The Bertz CT molecular complexity index is 421. The van der Waals surface area contributed by atoms with Crippen molar-refractivity contribution in [2.24, 2.45) is 0 Å². The summed E-state index contributed by atoms with van der Waals surface area (Å²) in [6.07, 6.45) is 0. The molecule has 0 saturated heterocycles. The van der Waals surface area contributed by atoms with Crippen LogP contribution in [0.5, 0.6) is 5.75 Å². The van der Waals surface area contributed by atoms with Crippen LogP contribution in [0, 0.1) is 11.3 Å². The maximum Gasteiger partial charge on any atom is 0.161 e. The van der Waals surface area contributed by atoms with E-state index in [0.717, 1.165) is 0 Å². The van der Waals surface area contributed by atoms with E-state index in [0.29, 0.717) is 21.3 Å². The zero-order valence-electron chi connectivity index (χ0n) is 7.80. The maximum absolute atomic E-state index is 11.2. The normalized spacial score (nSPS) is 9.29. The molecule has 0 aliphatic rings. The first-order chi connectivity index (χ1) is 6.61. The van der Waals surface area contributed by atoms with Crippen molar-refractivity contribution in [2.45, 2.75) is 6.92 Å². The van der Waals surface area contributed by atoms with Gasteiger partial charge in [0.1, 0.15) is 6.07 Å². The summed E-state index contributed by atoms with van der Waals surface area (Å²) in [6.45, 7) is 1.46. The zero-order chi connectivity index (χ0) is 10.7. The fourth-order valence-corrected chi connectivity index (χ4v) is 1.90. The SMILES string of the molecule is COc1c(C#N)ccc(C(C)=O)c1Br. The lowest BCUT2D eigenvalue weighted by Gasteiger charge is -2.07. The molecule has 0 amide bonds. The molecular formula is C10H8BrNO2. The van der Waals surface area contributed by atoms with Crippen LogP contribution in [0.1, 0.15) is 22.8 Å². The van der Waals surface area contributed by atoms with Gasteiger partial charge in [-0.1, -0.05) is 0 Å². The quantitative estimate of drug-likeness (QED) is 0.762. The average Bonchev–Trinajstić information content (AvgIpc) is 2.16. The van der Waals surface area contributed by atoms with Gasteiger partial charge in [0.05, 0.1) is 17.1 Å². The molecule has 0 spiro atoms. The van der Waals surface area contributed by atoms with Gasteiger partial charge in [-0.15, -0.1) is 0 Å². The number of carbonyl (C=O) groups is 1. The Kier molecular flexibility index (Phi) is 3.26. The van der Waals surface area contributed by atoms with Crippen LogP contribution in [0.25, 0.3) is 0 Å². The van der Waals surface area contributed by atoms with E-state index in [1.165, 1.54) is 14.0 Å². The molecule has 0 radical (unpaired) electrons. The van der Waals surface area contributed by atoms with E-state index in [4.69, 9.17) is 10.00 Å². The van der Waals surface area contributed by atoms with E-state index >= 15 is 0 Å². The molecule has 0 heterocycles. The van der Waals surface area contributed by atoms with Gasteiger partial charge in [-0.2, -0.15) is 5.26 Å². The number of ketones is 1. The summed E-state index contributed by atoms with van der Waals surface area (Å²) in [6, 6.07) is 5.16. The van der Waals surface area contributed by atoms with Crippen LogP contribution in [-0.4, -0.2) is 12.9 Å². The number of nitriles is 1. The molecule has 0 unspecified atom stereocenters. The van der Waals surface area contributed by atoms with Crippen LogP contribution in [0.15, 0.2) is 16.6 Å². The molecule has 0 N–H and O–H groups in total. The van der Waals surface area contributed by atoms with E-state index in [1.54, 1.807) is 12.1 Å². The van der Waals surface area contributed by atoms with Crippen molar-refractivity contribution in [3.05, 3.63) is 27.7 Å². The van der Waals surface area contributed by atoms with Crippen LogP contribution in [-0.2, 0) is 0 Å². The van der Waals surface area contributed by atoms with Crippen LogP contribution < -0.4 is 4.74 Å². The van der Waals surface area contributed by atoms with E-state index in [-0.39, 0.29) is 5.78 Å². The van der Waals surface area contributed by atoms with E-state index < -0.39 is 0 Å². The predicted octanol–water partition coefficient (Wildman–Crippen LogP) is 2.53. The lowest BCUT2D eigenvalue weighted by atomic mass is 10.1. The second-order valence-corrected chi connectivity index (χ2v) is 3.47. The highest BCUT2D eigenvalue weighted by Gasteiger charge is 2.13. The molecule has 0 aliphatic carbocycles. The highest BCUT2D eigenvalue weighted by atomic mass is 79.9. The minimum absolute atomic E-state index is 0.0698. The van der Waals surface area contributed by atoms with Crippen molar-refractivity contribution in [2.75, 3.05) is 7.11 Å². The number of nitrogens with zero attached hydrogens (tertiary/aromatic N) is 1. The van der Waals surface area contributed by atoms with Crippen LogP contribution in [0.4, 0.5) is 0 Å². The van der Waals surface area contributed by atoms with Gasteiger partial charge >= 0.3 is 0 Å². The molecule has 0 atom stereocenters. The van der Waals surface area contributed by atoms with Gasteiger partial charge in [-0.3, -0.25) is 4.79 Å². The molecule has 4 heteroatoms. The first kappa shape index (κ1) is 10.7. The van der Waals surface area contributed by atoms with Gasteiger partial charge in [0, 0.05) is 5.56 Å². The number of hydrogen-bond acceptors (Lipinski definition) is 3. The summed E-state index contributed by atoms with van der Waals surface area (Å²) in [4.78, 5) is 11.2. The second kappa shape index (κ2) is 4.25. The lowest BCUT2D eigenvalue weighted by Crippen LogP contribution is -1.98. The molecule has 0 aromatic heterocycles. The fourth-order valence-electron chi connectivity index (χ4n) is 1.12. The van der Waals surface area contributed by atoms with Gasteiger partial charge in [-0.05, 0) is 35.0 Å². The molecule has 0 fully saturated rings. The van der Waals surface area contributed by atoms with Crippen molar-refractivity contribution in [3.63, 3.8) is 0 Å². The number of rotatable bonds is 2. The van der Waals surface area contributed by atoms with E-state index in [2.05, 4.69) is 15.9 Å². The monoisotopic (exact) mass is 253 g/mol. The summed E-state index contributed by atoms with van der Waals surface area (Å²) in [5.74, 6) is 0.333. The van der Waals surface area contributed by atoms with E-state index in [1.807, 2.05) is 6.07 Å². The van der Waals surface area contributed by atoms with E-state index in [9.17, 15) is 4.79 Å². The lowest BCUT2D eigenvalue weighted by molar-refractivity contribution is 0.101. The zero-order valence-corrected chi connectivity index (χ0v) is 9.38. The topological polar surface area (TPSA) is 50.1 Å². The molecule has 3 nitrogen and oxygen atoms in total. The summed E-state index contributed by atoms with van der Waals surface area (Å²) in [5.41, 5.74) is 0.922. The first-order valence-corrected chi connectivity index (χ1v) is 4.68. The summed E-state index contributed by atoms with van der Waals surface area (Å²) >= 11 is 3.24. The number of halogens is 1. The van der Waals surface area contributed by atoms with Crippen molar-refractivity contribution in [3.8, 4) is 11.8 Å². The van der Waals surface area contributed by atoms with Crippen molar-refractivity contribution in [1.29, 1.82) is 5.26 Å². The first-order valence-electron chi connectivity index (χ1n) is 3.89. The third-order valence-electron chi connectivity index (χ3n) is 1.80. The molecular weight excluding hydrogens is 246 g/mol. The second-order valence-electron chi connectivity index (χ2n) is 2.68. The Morgan fingerprint density at radius 1 is 1.57 bits per heavy atom. The Morgan fingerprint density at radius 2 is 2.21 bits per heavy atom. The van der Waals surface area contributed by atoms with Gasteiger partial charge < -0.3 is 4.74 Å². The summed E-state index contributed by atoms with van der Waals surface area (Å²) in [7, 11) is 1.46. The standard InChI is InChI=1S/C10H8BrNO2/c1-6(13)8-4-3-7(5-12)10(14-2)9(8)11/h3-4H,1-2H3. The molecule has 0 bridgehead atoms. The number of ether oxygens (including phenoxy) is 1. The average molecular weight is 254 g/mol. The highest BCUT2D eigenvalue weighted by molar-refractivity contribution is 9.10. The summed E-state index contributed by atoms with van der Waals surface area (Å²) in [5, 5.41) is 8.77. The van der Waals surface area contributed by atoms with Gasteiger partial charge in [0.25, 0.3) is 0 Å². The molecule has 14 heavy (non-hydrogen) atoms. The van der Waals surface area contributed by atoms with Crippen LogP contribution in [0.2, 0.25) is 0 Å². The van der Waals surface area contributed by atoms with Crippen LogP contribution in [0.3, 0.4) is 0 Å². The van der Waals surface area contributed by atoms with Gasteiger partial charge in [-0.25, -0.2) is 0 Å². The Morgan fingerprint density at radius 3 is 2.64 bits per heavy atom. The molecule has 0 saturated carbocycles. The summed E-state index contributed by atoms with van der Waals surface area (Å²) < 4.78 is 5.57. The molecule has 1 aromatic carbocycles. The minimum atomic E-state index is -0.0698. The van der Waals surface area contributed by atoms with Crippen molar-refractivity contribution >= 4 is 21.7 Å². The largest absolute Gasteiger partial charge is 0.494 e. The number of Topliss-reactive ketones (excluding diaryl/α,β-unsaturated/α-hetero) is 1. The Hall–Kier alpha value is -1.34. The number of hydrogen-bond donors (Lipinski definition) is 0. The molecule has 1 rings (SSSR count). The third-order valence-corrected chi connectivity index (χ3v) is 2.59. The van der Waals surface area contributed by atoms with Gasteiger partial charge in [0.15, 0.2) is 11.5 Å². The molecule has 0 aliphatic heterocycles. The van der Waals surface area contributed by atoms with Crippen LogP contribution >= 0.6 is 15.9 Å². The maximum atomic E-state index is 11.2. The highest BCUT2D eigenvalue weighted by Crippen LogP contribution is 2.32. The number of carbonyl (C=O) groups excluding carboxylic acids is 1. The Labute approximate surface area is 90.4 Å². The van der Waals surface area contributed by atoms with Gasteiger partial charge in [0.2, 0.25) is 0 Å². The molecule has 1 aromatic rings. The fraction of sp³-hybridized carbons (Fsp3) is 0.200. The van der Waals surface area contributed by atoms with Crippen molar-refractivity contribution in [1.82, 2.24) is 0 Å². The molecule has 72 valence electrons. The smallest absolute Gasteiger partial charge is 0.161 e.